The van der Waals surface area contributed by atoms with Crippen molar-refractivity contribution in [2.45, 2.75) is 20.8 Å². The van der Waals surface area contributed by atoms with Gasteiger partial charge >= 0.3 is 0 Å². The van der Waals surface area contributed by atoms with Gasteiger partial charge < -0.3 is 15.1 Å². The molecular formula is C23H27N5O. The van der Waals surface area contributed by atoms with E-state index in [0.29, 0.717) is 0 Å². The van der Waals surface area contributed by atoms with Gasteiger partial charge in [-0.2, -0.15) is 5.10 Å². The van der Waals surface area contributed by atoms with Crippen molar-refractivity contribution >= 4 is 23.1 Å². The minimum Gasteiger partial charge on any atom is -0.368 e. The summed E-state index contributed by atoms with van der Waals surface area (Å²) in [5, 5.41) is 10.9. The smallest absolute Gasteiger partial charge is 0.219 e. The van der Waals surface area contributed by atoms with Gasteiger partial charge in [-0.25, -0.2) is 0 Å². The Bertz CT molecular complexity index is 1000. The van der Waals surface area contributed by atoms with Gasteiger partial charge in [0, 0.05) is 50.5 Å². The lowest BCUT2D eigenvalue weighted by Crippen LogP contribution is -2.48. The van der Waals surface area contributed by atoms with E-state index in [9.17, 15) is 4.79 Å². The molecule has 29 heavy (non-hydrogen) atoms. The molecular weight excluding hydrogens is 362 g/mol. The molecule has 1 amide bonds. The van der Waals surface area contributed by atoms with Gasteiger partial charge in [-0.05, 0) is 43.2 Å². The van der Waals surface area contributed by atoms with E-state index in [4.69, 9.17) is 0 Å². The van der Waals surface area contributed by atoms with Gasteiger partial charge in [-0.15, -0.1) is 0 Å². The van der Waals surface area contributed by atoms with E-state index >= 15 is 0 Å². The molecule has 0 bridgehead atoms. The van der Waals surface area contributed by atoms with Crippen LogP contribution < -0.4 is 10.2 Å². The lowest BCUT2D eigenvalue weighted by atomic mass is 10.1. The van der Waals surface area contributed by atoms with E-state index in [0.717, 1.165) is 54.5 Å². The number of piperazine rings is 1. The van der Waals surface area contributed by atoms with Crippen LogP contribution in [-0.2, 0) is 4.79 Å². The first-order chi connectivity index (χ1) is 14.0. The predicted molar refractivity (Wildman–Crippen MR) is 118 cm³/mol. The second-order valence-corrected chi connectivity index (χ2v) is 7.65. The maximum Gasteiger partial charge on any atom is 0.219 e. The summed E-state index contributed by atoms with van der Waals surface area (Å²) in [5.74, 6) is 0.955. The summed E-state index contributed by atoms with van der Waals surface area (Å²) in [4.78, 5) is 15.8. The molecule has 2 aromatic carbocycles. The van der Waals surface area contributed by atoms with E-state index in [-0.39, 0.29) is 5.91 Å². The Morgan fingerprint density at radius 1 is 1.00 bits per heavy atom. The predicted octanol–water partition coefficient (Wildman–Crippen LogP) is 4.11. The number of carbonyl (C=O) groups is 1. The number of aryl methyl sites for hydroxylation is 2. The summed E-state index contributed by atoms with van der Waals surface area (Å²) >= 11 is 0. The van der Waals surface area contributed by atoms with Crippen LogP contribution in [-0.4, -0.2) is 47.2 Å². The standard InChI is InChI=1S/C23H27N5O/c1-16-4-6-19(7-5-16)22-15-23(26-25-22)24-21-9-8-20(14-17(21)2)28-12-10-27(11-13-28)18(3)29/h4-9,14-15H,10-13H2,1-3H3,(H2,24,25,26). The van der Waals surface area contributed by atoms with Gasteiger partial charge in [0.2, 0.25) is 5.91 Å². The maximum absolute atomic E-state index is 11.5. The molecule has 1 aromatic heterocycles. The highest BCUT2D eigenvalue weighted by atomic mass is 16.2. The van der Waals surface area contributed by atoms with E-state index < -0.39 is 0 Å². The molecule has 1 fully saturated rings. The topological polar surface area (TPSA) is 64.3 Å². The molecule has 0 unspecified atom stereocenters. The average molecular weight is 390 g/mol. The number of rotatable bonds is 4. The third kappa shape index (κ3) is 4.26. The van der Waals surface area contributed by atoms with Crippen LogP contribution in [0.4, 0.5) is 17.2 Å². The Morgan fingerprint density at radius 2 is 1.72 bits per heavy atom. The molecule has 3 aromatic rings. The summed E-state index contributed by atoms with van der Waals surface area (Å²) in [6.45, 7) is 9.12. The summed E-state index contributed by atoms with van der Waals surface area (Å²) in [6.07, 6.45) is 0. The molecule has 0 spiro atoms. The monoisotopic (exact) mass is 389 g/mol. The summed E-state index contributed by atoms with van der Waals surface area (Å²) in [5.41, 5.74) is 6.75. The van der Waals surface area contributed by atoms with E-state index in [2.05, 4.69) is 76.7 Å². The highest BCUT2D eigenvalue weighted by Crippen LogP contribution is 2.27. The van der Waals surface area contributed by atoms with Crippen LogP contribution in [0.2, 0.25) is 0 Å². The van der Waals surface area contributed by atoms with Gasteiger partial charge in [0.05, 0.1) is 5.69 Å². The first-order valence-electron chi connectivity index (χ1n) is 10.0. The molecule has 1 aliphatic heterocycles. The largest absolute Gasteiger partial charge is 0.368 e. The minimum absolute atomic E-state index is 0.157. The van der Waals surface area contributed by atoms with E-state index in [1.807, 2.05) is 11.0 Å². The fraction of sp³-hybridized carbons (Fsp3) is 0.304. The average Bonchev–Trinajstić information content (AvgIpc) is 3.19. The van der Waals surface area contributed by atoms with Gasteiger partial charge in [0.1, 0.15) is 0 Å². The van der Waals surface area contributed by atoms with Crippen molar-refractivity contribution in [2.75, 3.05) is 36.4 Å². The van der Waals surface area contributed by atoms with Gasteiger partial charge in [-0.1, -0.05) is 29.8 Å². The number of aromatic amines is 1. The molecule has 6 heteroatoms. The number of hydrogen-bond acceptors (Lipinski definition) is 4. The Hall–Kier alpha value is -3.28. The van der Waals surface area contributed by atoms with Crippen molar-refractivity contribution in [3.63, 3.8) is 0 Å². The Balaban J connectivity index is 1.44. The number of H-pyrrole nitrogens is 1. The van der Waals surface area contributed by atoms with Crippen LogP contribution in [0.1, 0.15) is 18.1 Å². The second-order valence-electron chi connectivity index (χ2n) is 7.65. The van der Waals surface area contributed by atoms with E-state index in [1.54, 1.807) is 6.92 Å². The molecule has 6 nitrogen and oxygen atoms in total. The number of amides is 1. The van der Waals surface area contributed by atoms with Gasteiger partial charge in [0.25, 0.3) is 0 Å². The molecule has 0 atom stereocenters. The number of benzene rings is 2. The molecule has 150 valence electrons. The van der Waals surface area contributed by atoms with Crippen LogP contribution in [0.15, 0.2) is 48.5 Å². The fourth-order valence-corrected chi connectivity index (χ4v) is 3.67. The van der Waals surface area contributed by atoms with Crippen LogP contribution in [0.25, 0.3) is 11.3 Å². The quantitative estimate of drug-likeness (QED) is 0.705. The Labute approximate surface area is 171 Å². The van der Waals surface area contributed by atoms with Crippen molar-refractivity contribution in [3.8, 4) is 11.3 Å². The van der Waals surface area contributed by atoms with Crippen molar-refractivity contribution in [3.05, 3.63) is 59.7 Å². The molecule has 4 rings (SSSR count). The van der Waals surface area contributed by atoms with Gasteiger partial charge in [0.15, 0.2) is 5.82 Å². The molecule has 0 radical (unpaired) electrons. The molecule has 2 heterocycles. The minimum atomic E-state index is 0.157. The summed E-state index contributed by atoms with van der Waals surface area (Å²) in [7, 11) is 0. The lowest BCUT2D eigenvalue weighted by Gasteiger charge is -2.35. The number of hydrogen-bond donors (Lipinski definition) is 2. The van der Waals surface area contributed by atoms with Crippen LogP contribution in [0.5, 0.6) is 0 Å². The highest BCUT2D eigenvalue weighted by molar-refractivity contribution is 5.74. The van der Waals surface area contributed by atoms with Crippen molar-refractivity contribution in [1.82, 2.24) is 15.1 Å². The zero-order valence-electron chi connectivity index (χ0n) is 17.2. The number of nitrogens with zero attached hydrogens (tertiary/aromatic N) is 3. The Kier molecular flexibility index (Phi) is 5.25. The van der Waals surface area contributed by atoms with Crippen LogP contribution in [0.3, 0.4) is 0 Å². The van der Waals surface area contributed by atoms with Crippen molar-refractivity contribution in [2.24, 2.45) is 0 Å². The van der Waals surface area contributed by atoms with Crippen LogP contribution in [0, 0.1) is 13.8 Å². The molecule has 1 saturated heterocycles. The molecule has 1 aliphatic rings. The third-order valence-corrected chi connectivity index (χ3v) is 5.50. The van der Waals surface area contributed by atoms with Crippen LogP contribution >= 0.6 is 0 Å². The lowest BCUT2D eigenvalue weighted by molar-refractivity contribution is -0.129. The van der Waals surface area contributed by atoms with Crippen molar-refractivity contribution < 1.29 is 4.79 Å². The normalized spacial score (nSPS) is 14.2. The number of anilines is 3. The number of nitrogens with one attached hydrogen (secondary N) is 2. The molecule has 0 saturated carbocycles. The summed E-state index contributed by atoms with van der Waals surface area (Å²) in [6, 6.07) is 16.8. The van der Waals surface area contributed by atoms with Gasteiger partial charge in [-0.3, -0.25) is 9.89 Å². The number of aromatic nitrogens is 2. The second kappa shape index (κ2) is 7.99. The first-order valence-corrected chi connectivity index (χ1v) is 10.0. The fourth-order valence-electron chi connectivity index (χ4n) is 3.67. The zero-order chi connectivity index (χ0) is 20.4. The highest BCUT2D eigenvalue weighted by Gasteiger charge is 2.19. The SMILES string of the molecule is CC(=O)N1CCN(c2ccc(Nc3cc(-c4ccc(C)cc4)[nH]n3)c(C)c2)CC1. The molecule has 2 N–H and O–H groups in total. The van der Waals surface area contributed by atoms with E-state index in [1.165, 1.54) is 11.3 Å². The first kappa shape index (κ1) is 19.1. The third-order valence-electron chi connectivity index (χ3n) is 5.50. The zero-order valence-corrected chi connectivity index (χ0v) is 17.2. The summed E-state index contributed by atoms with van der Waals surface area (Å²) < 4.78 is 0. The van der Waals surface area contributed by atoms with Crippen molar-refractivity contribution in [1.29, 1.82) is 0 Å². The maximum atomic E-state index is 11.5. The number of carbonyl (C=O) groups excluding carboxylic acids is 1. The Morgan fingerprint density at radius 3 is 2.38 bits per heavy atom. The molecule has 0 aliphatic carbocycles.